The van der Waals surface area contributed by atoms with Gasteiger partial charge in [0.1, 0.15) is 6.54 Å². The predicted octanol–water partition coefficient (Wildman–Crippen LogP) is 1.75. The molecule has 0 rings (SSSR count). The van der Waals surface area contributed by atoms with E-state index < -0.39 is 35.0 Å². The molecule has 0 aromatic heterocycles. The Morgan fingerprint density at radius 2 is 1.53 bits per heavy atom. The minimum absolute atomic E-state index is 0.220. The Morgan fingerprint density at radius 3 is 2.00 bits per heavy atom. The fourth-order valence-corrected chi connectivity index (χ4v) is 3.48. The number of unbranched alkanes of at least 4 members (excludes halogenated alkanes) is 2. The summed E-state index contributed by atoms with van der Waals surface area (Å²) < 4.78 is 0. The molecule has 3 atom stereocenters. The van der Waals surface area contributed by atoms with Crippen LogP contribution in [0.3, 0.4) is 0 Å². The Kier molecular flexibility index (Phi) is 13.7. The average Bonchev–Trinajstić information content (AvgIpc) is 2.69. The molecule has 32 heavy (non-hydrogen) atoms. The predicted molar refractivity (Wildman–Crippen MR) is 122 cm³/mol. The standard InChI is InChI=1S/C21H39N7O4/c1-5-14(18(22)30)11-15(12-16(19(23)31)21(2,3)4)20(32)26-10-8-6-7-9-25-17(29)13-27-28-24/h14-16H,5-13H2,1-4H3,(H2,22,30)(H2,23,31)(H,25,29)(H,26,32). The summed E-state index contributed by atoms with van der Waals surface area (Å²) in [5, 5.41) is 8.71. The van der Waals surface area contributed by atoms with E-state index in [2.05, 4.69) is 20.7 Å². The van der Waals surface area contributed by atoms with Crippen molar-refractivity contribution in [3.05, 3.63) is 10.4 Å². The highest BCUT2D eigenvalue weighted by atomic mass is 16.2. The summed E-state index contributed by atoms with van der Waals surface area (Å²) in [7, 11) is 0. The topological polar surface area (TPSA) is 193 Å². The van der Waals surface area contributed by atoms with Gasteiger partial charge in [0.05, 0.1) is 0 Å². The third kappa shape index (κ3) is 12.1. The monoisotopic (exact) mass is 453 g/mol. The number of nitrogens with one attached hydrogen (secondary N) is 2. The zero-order chi connectivity index (χ0) is 24.7. The lowest BCUT2D eigenvalue weighted by molar-refractivity contribution is -0.130. The molecule has 0 aliphatic carbocycles. The minimum Gasteiger partial charge on any atom is -0.369 e. The Labute approximate surface area is 190 Å². The second-order valence-corrected chi connectivity index (χ2v) is 9.09. The fourth-order valence-electron chi connectivity index (χ4n) is 3.48. The molecule has 0 radical (unpaired) electrons. The lowest BCUT2D eigenvalue weighted by atomic mass is 9.73. The van der Waals surface area contributed by atoms with Crippen LogP contribution in [0, 0.1) is 23.2 Å². The van der Waals surface area contributed by atoms with Crippen LogP contribution in [-0.2, 0) is 19.2 Å². The first-order valence-electron chi connectivity index (χ1n) is 11.1. The van der Waals surface area contributed by atoms with Crippen LogP contribution < -0.4 is 22.1 Å². The molecule has 11 nitrogen and oxygen atoms in total. The Hall–Kier alpha value is -2.81. The first-order chi connectivity index (χ1) is 14.9. The molecule has 11 heteroatoms. The second-order valence-electron chi connectivity index (χ2n) is 9.09. The van der Waals surface area contributed by atoms with Crippen LogP contribution in [0.4, 0.5) is 0 Å². The summed E-state index contributed by atoms with van der Waals surface area (Å²) in [6, 6.07) is 0. The van der Waals surface area contributed by atoms with Crippen molar-refractivity contribution >= 4 is 23.6 Å². The first-order valence-corrected chi connectivity index (χ1v) is 11.1. The highest BCUT2D eigenvalue weighted by Gasteiger charge is 2.35. The molecule has 182 valence electrons. The van der Waals surface area contributed by atoms with E-state index in [0.717, 1.165) is 6.42 Å². The van der Waals surface area contributed by atoms with Crippen molar-refractivity contribution in [3.63, 3.8) is 0 Å². The lowest BCUT2D eigenvalue weighted by Crippen LogP contribution is -2.41. The van der Waals surface area contributed by atoms with Gasteiger partial charge in [-0.3, -0.25) is 19.2 Å². The lowest BCUT2D eigenvalue weighted by Gasteiger charge is -2.31. The van der Waals surface area contributed by atoms with Crippen molar-refractivity contribution < 1.29 is 19.2 Å². The Bertz CT molecular complexity index is 684. The summed E-state index contributed by atoms with van der Waals surface area (Å²) in [6.45, 7) is 8.20. The fraction of sp³-hybridized carbons (Fsp3) is 0.810. The Balaban J connectivity index is 4.76. The highest BCUT2D eigenvalue weighted by Crippen LogP contribution is 2.33. The maximum Gasteiger partial charge on any atom is 0.225 e. The second kappa shape index (κ2) is 15.1. The van der Waals surface area contributed by atoms with Crippen LogP contribution in [0.15, 0.2) is 5.11 Å². The zero-order valence-electron chi connectivity index (χ0n) is 19.7. The summed E-state index contributed by atoms with van der Waals surface area (Å²) in [5.41, 5.74) is 18.8. The quantitative estimate of drug-likeness (QED) is 0.120. The highest BCUT2D eigenvalue weighted by molar-refractivity contribution is 5.83. The number of nitrogens with two attached hydrogens (primary N) is 2. The Morgan fingerprint density at radius 1 is 0.938 bits per heavy atom. The van der Waals surface area contributed by atoms with Gasteiger partial charge in [-0.1, -0.05) is 32.8 Å². The van der Waals surface area contributed by atoms with Gasteiger partial charge in [-0.2, -0.15) is 0 Å². The van der Waals surface area contributed by atoms with Gasteiger partial charge in [0.15, 0.2) is 0 Å². The summed E-state index contributed by atoms with van der Waals surface area (Å²) in [5.74, 6) is -3.00. The largest absolute Gasteiger partial charge is 0.369 e. The van der Waals surface area contributed by atoms with Gasteiger partial charge in [0.2, 0.25) is 23.6 Å². The van der Waals surface area contributed by atoms with Crippen molar-refractivity contribution in [1.82, 2.24) is 10.6 Å². The van der Waals surface area contributed by atoms with E-state index in [1.165, 1.54) is 0 Å². The van der Waals surface area contributed by atoms with Gasteiger partial charge in [-0.15, -0.1) is 0 Å². The van der Waals surface area contributed by atoms with E-state index >= 15 is 0 Å². The molecule has 6 N–H and O–H groups in total. The number of nitrogens with zero attached hydrogens (tertiary/aromatic N) is 3. The molecule has 0 aliphatic heterocycles. The molecule has 0 aromatic carbocycles. The zero-order valence-corrected chi connectivity index (χ0v) is 19.7. The molecular formula is C21H39N7O4. The van der Waals surface area contributed by atoms with Crippen LogP contribution in [-0.4, -0.2) is 43.3 Å². The molecule has 0 spiro atoms. The van der Waals surface area contributed by atoms with Gasteiger partial charge in [0, 0.05) is 35.8 Å². The normalized spacial score (nSPS) is 13.9. The van der Waals surface area contributed by atoms with E-state index in [9.17, 15) is 19.2 Å². The number of carbonyl (C=O) groups excluding carboxylic acids is 4. The van der Waals surface area contributed by atoms with Gasteiger partial charge in [-0.05, 0) is 49.5 Å². The van der Waals surface area contributed by atoms with Gasteiger partial charge < -0.3 is 22.1 Å². The molecule has 4 amide bonds. The van der Waals surface area contributed by atoms with Gasteiger partial charge in [-0.25, -0.2) is 0 Å². The average molecular weight is 454 g/mol. The van der Waals surface area contributed by atoms with E-state index in [-0.39, 0.29) is 31.2 Å². The van der Waals surface area contributed by atoms with E-state index in [1.807, 2.05) is 27.7 Å². The van der Waals surface area contributed by atoms with Crippen LogP contribution in [0.25, 0.3) is 10.4 Å². The molecule has 0 fully saturated rings. The van der Waals surface area contributed by atoms with Crippen molar-refractivity contribution in [2.45, 2.75) is 66.2 Å². The molecule has 0 aliphatic rings. The SMILES string of the molecule is CCC(CC(CC(C(N)=O)C(C)(C)C)C(=O)NCCCCCNC(=O)CN=[N+]=[N-])C(N)=O. The van der Waals surface area contributed by atoms with Crippen molar-refractivity contribution in [2.24, 2.45) is 39.8 Å². The van der Waals surface area contributed by atoms with E-state index in [1.54, 1.807) is 0 Å². The van der Waals surface area contributed by atoms with Crippen LogP contribution in [0.2, 0.25) is 0 Å². The molecule has 0 heterocycles. The number of rotatable bonds is 16. The number of carbonyl (C=O) groups is 4. The first kappa shape index (κ1) is 29.2. The molecule has 0 saturated heterocycles. The number of amides is 4. The summed E-state index contributed by atoms with van der Waals surface area (Å²) in [6.07, 6.45) is 3.24. The summed E-state index contributed by atoms with van der Waals surface area (Å²) in [4.78, 5) is 50.4. The van der Waals surface area contributed by atoms with E-state index in [4.69, 9.17) is 17.0 Å². The van der Waals surface area contributed by atoms with Crippen molar-refractivity contribution in [1.29, 1.82) is 0 Å². The molecule has 0 bridgehead atoms. The number of azide groups is 1. The van der Waals surface area contributed by atoms with Crippen molar-refractivity contribution in [2.75, 3.05) is 19.6 Å². The van der Waals surface area contributed by atoms with E-state index in [0.29, 0.717) is 32.4 Å². The number of hydrogen-bond acceptors (Lipinski definition) is 5. The number of hydrogen-bond donors (Lipinski definition) is 4. The third-order valence-electron chi connectivity index (χ3n) is 5.50. The van der Waals surface area contributed by atoms with Crippen LogP contribution in [0.1, 0.15) is 66.2 Å². The number of primary amides is 2. The molecular weight excluding hydrogens is 414 g/mol. The maximum absolute atomic E-state index is 12.9. The van der Waals surface area contributed by atoms with Crippen LogP contribution >= 0.6 is 0 Å². The third-order valence-corrected chi connectivity index (χ3v) is 5.50. The molecule has 3 unspecified atom stereocenters. The smallest absolute Gasteiger partial charge is 0.225 e. The van der Waals surface area contributed by atoms with Gasteiger partial charge >= 0.3 is 0 Å². The minimum atomic E-state index is -0.552. The van der Waals surface area contributed by atoms with Crippen molar-refractivity contribution in [3.8, 4) is 0 Å². The molecule has 0 saturated carbocycles. The summed E-state index contributed by atoms with van der Waals surface area (Å²) >= 11 is 0. The molecule has 0 aromatic rings. The maximum atomic E-state index is 12.9. The van der Waals surface area contributed by atoms with Crippen LogP contribution in [0.5, 0.6) is 0 Å². The van der Waals surface area contributed by atoms with Gasteiger partial charge in [0.25, 0.3) is 0 Å².